The zero-order valence-corrected chi connectivity index (χ0v) is 10.6. The Hall–Kier alpha value is -1.22. The van der Waals surface area contributed by atoms with Crippen molar-refractivity contribution in [3.05, 3.63) is 35.4 Å². The van der Waals surface area contributed by atoms with Crippen molar-refractivity contribution in [1.29, 1.82) is 0 Å². The molecule has 1 aromatic rings. The Morgan fingerprint density at radius 3 is 2.05 bits per heavy atom. The summed E-state index contributed by atoms with van der Waals surface area (Å²) in [6, 6.07) is 8.14. The minimum absolute atomic E-state index is 0.695. The van der Waals surface area contributed by atoms with Gasteiger partial charge in [0.25, 0.3) is 0 Å². The average molecular weight is 271 g/mol. The van der Waals surface area contributed by atoms with Crippen molar-refractivity contribution < 1.29 is 0 Å². The SMILES string of the molecule is Cc1ccccc1CNNNNNNNNNNN. The molecule has 0 radical (unpaired) electrons. The van der Waals surface area contributed by atoms with Crippen molar-refractivity contribution in [3.8, 4) is 0 Å². The van der Waals surface area contributed by atoms with Crippen molar-refractivity contribution in [2.24, 2.45) is 5.84 Å². The third-order valence-corrected chi connectivity index (χ3v) is 2.14. The molecule has 0 aliphatic heterocycles. The molecular weight excluding hydrogens is 250 g/mol. The Bertz CT molecular complexity index is 332. The Labute approximate surface area is 111 Å². The highest BCUT2D eigenvalue weighted by Crippen LogP contribution is 2.05. The lowest BCUT2D eigenvalue weighted by Crippen LogP contribution is -2.65. The van der Waals surface area contributed by atoms with Gasteiger partial charge >= 0.3 is 0 Å². The Morgan fingerprint density at radius 2 is 1.42 bits per heavy atom. The first-order valence-electron chi connectivity index (χ1n) is 5.57. The lowest BCUT2D eigenvalue weighted by molar-refractivity contribution is 0.232. The van der Waals surface area contributed by atoms with Crippen molar-refractivity contribution in [2.75, 3.05) is 0 Å². The van der Waals surface area contributed by atoms with E-state index >= 15 is 0 Å². The van der Waals surface area contributed by atoms with E-state index in [0.717, 1.165) is 0 Å². The van der Waals surface area contributed by atoms with Gasteiger partial charge in [0, 0.05) is 6.54 Å². The average Bonchev–Trinajstić information content (AvgIpc) is 2.43. The van der Waals surface area contributed by atoms with Crippen molar-refractivity contribution in [2.45, 2.75) is 13.5 Å². The molecule has 0 aromatic heterocycles. The molecule has 0 saturated carbocycles. The smallest absolute Gasteiger partial charge is 0.0367 e. The van der Waals surface area contributed by atoms with Gasteiger partial charge in [0.1, 0.15) is 0 Å². The van der Waals surface area contributed by atoms with Crippen LogP contribution in [0.15, 0.2) is 24.3 Å². The summed E-state index contributed by atoms with van der Waals surface area (Å²) in [6.07, 6.45) is 0. The number of nitrogens with two attached hydrogens (primary N) is 1. The van der Waals surface area contributed by atoms with Crippen LogP contribution in [0.1, 0.15) is 11.1 Å². The first kappa shape index (κ1) is 15.8. The van der Waals surface area contributed by atoms with Gasteiger partial charge in [-0.25, -0.2) is 5.43 Å². The standard InChI is InChI=1S/C8H21N11/c1-7-4-2-3-5-8(7)6-10-12-14-16-18-19-17-15-13-11-9/h2-5,10-19H,6,9H2,1H3. The highest BCUT2D eigenvalue weighted by Gasteiger charge is 1.94. The zero-order valence-electron chi connectivity index (χ0n) is 10.6. The summed E-state index contributed by atoms with van der Waals surface area (Å²) in [5.74, 6) is 4.92. The molecular formula is C8H21N11. The zero-order chi connectivity index (χ0) is 13.8. The highest BCUT2D eigenvalue weighted by molar-refractivity contribution is 5.25. The van der Waals surface area contributed by atoms with Crippen LogP contribution >= 0.6 is 0 Å². The van der Waals surface area contributed by atoms with Crippen LogP contribution in [0.3, 0.4) is 0 Å². The normalized spacial score (nSPS) is 10.8. The van der Waals surface area contributed by atoms with Gasteiger partial charge in [0.2, 0.25) is 0 Å². The van der Waals surface area contributed by atoms with E-state index in [-0.39, 0.29) is 0 Å². The molecule has 0 aliphatic carbocycles. The molecule has 0 bridgehead atoms. The second kappa shape index (κ2) is 10.7. The van der Waals surface area contributed by atoms with Gasteiger partial charge in [-0.2, -0.15) is 49.8 Å². The molecule has 0 saturated heterocycles. The van der Waals surface area contributed by atoms with E-state index in [1.165, 1.54) is 11.1 Å². The van der Waals surface area contributed by atoms with Crippen LogP contribution in [0.25, 0.3) is 0 Å². The first-order valence-corrected chi connectivity index (χ1v) is 5.57. The monoisotopic (exact) mass is 271 g/mol. The van der Waals surface area contributed by atoms with Gasteiger partial charge < -0.3 is 0 Å². The van der Waals surface area contributed by atoms with E-state index in [1.807, 2.05) is 12.1 Å². The number of rotatable bonds is 11. The number of aryl methyl sites for hydroxylation is 1. The lowest BCUT2D eigenvalue weighted by Gasteiger charge is -2.13. The third-order valence-electron chi connectivity index (χ3n) is 2.14. The second-order valence-electron chi connectivity index (χ2n) is 3.42. The maximum absolute atomic E-state index is 4.92. The van der Waals surface area contributed by atoms with Crippen LogP contribution in [0.5, 0.6) is 0 Å². The molecule has 0 heterocycles. The Morgan fingerprint density at radius 1 is 0.842 bits per heavy atom. The van der Waals surface area contributed by atoms with Crippen molar-refractivity contribution in [1.82, 2.24) is 55.2 Å². The maximum Gasteiger partial charge on any atom is 0.0367 e. The minimum Gasteiger partial charge on any atom is -0.257 e. The van der Waals surface area contributed by atoms with Gasteiger partial charge in [-0.3, -0.25) is 5.84 Å². The summed E-state index contributed by atoms with van der Waals surface area (Å²) in [5.41, 5.74) is 28.0. The molecule has 12 N–H and O–H groups in total. The summed E-state index contributed by atoms with van der Waals surface area (Å²) >= 11 is 0. The maximum atomic E-state index is 4.92. The van der Waals surface area contributed by atoms with Crippen LogP contribution in [0.4, 0.5) is 0 Å². The predicted molar refractivity (Wildman–Crippen MR) is 70.4 cm³/mol. The first-order chi connectivity index (χ1) is 9.34. The van der Waals surface area contributed by atoms with Crippen LogP contribution in [0.2, 0.25) is 0 Å². The van der Waals surface area contributed by atoms with E-state index < -0.39 is 0 Å². The summed E-state index contributed by atoms with van der Waals surface area (Å²) in [4.78, 5) is 0. The minimum atomic E-state index is 0.695. The summed E-state index contributed by atoms with van der Waals surface area (Å²) in [7, 11) is 0. The van der Waals surface area contributed by atoms with Crippen LogP contribution in [-0.4, -0.2) is 0 Å². The lowest BCUT2D eigenvalue weighted by atomic mass is 10.1. The van der Waals surface area contributed by atoms with Crippen molar-refractivity contribution >= 4 is 0 Å². The molecule has 11 heteroatoms. The molecule has 0 amide bonds. The molecule has 0 spiro atoms. The van der Waals surface area contributed by atoms with Crippen molar-refractivity contribution in [3.63, 3.8) is 0 Å². The summed E-state index contributed by atoms with van der Waals surface area (Å²) in [5, 5.41) is 0. The number of hydrogen-bond donors (Lipinski definition) is 11. The van der Waals surface area contributed by atoms with E-state index in [9.17, 15) is 0 Å². The fourth-order valence-corrected chi connectivity index (χ4v) is 1.22. The van der Waals surface area contributed by atoms with Crippen LogP contribution < -0.4 is 61.1 Å². The fourth-order valence-electron chi connectivity index (χ4n) is 1.22. The van der Waals surface area contributed by atoms with E-state index in [0.29, 0.717) is 6.54 Å². The van der Waals surface area contributed by atoms with E-state index in [2.05, 4.69) is 74.3 Å². The molecule has 19 heavy (non-hydrogen) atoms. The topological polar surface area (TPSA) is 146 Å². The van der Waals surface area contributed by atoms with Crippen LogP contribution in [-0.2, 0) is 6.54 Å². The quantitative estimate of drug-likeness (QED) is 0.111. The molecule has 1 aromatic carbocycles. The van der Waals surface area contributed by atoms with Gasteiger partial charge in [-0.05, 0) is 18.1 Å². The number of benzene rings is 1. The van der Waals surface area contributed by atoms with Crippen LogP contribution in [0, 0.1) is 6.92 Å². The molecule has 11 nitrogen and oxygen atoms in total. The molecule has 0 aliphatic rings. The molecule has 108 valence electrons. The molecule has 0 atom stereocenters. The summed E-state index contributed by atoms with van der Waals surface area (Å²) < 4.78 is 0. The van der Waals surface area contributed by atoms with Gasteiger partial charge in [0.15, 0.2) is 0 Å². The number of nitrogens with one attached hydrogen (secondary N) is 10. The largest absolute Gasteiger partial charge is 0.257 e. The summed E-state index contributed by atoms with van der Waals surface area (Å²) in [6.45, 7) is 2.76. The third kappa shape index (κ3) is 7.73. The number of hydrazine groups is 10. The molecule has 0 unspecified atom stereocenters. The Balaban J connectivity index is 1.90. The van der Waals surface area contributed by atoms with E-state index in [4.69, 9.17) is 5.84 Å². The van der Waals surface area contributed by atoms with Gasteiger partial charge in [0.05, 0.1) is 0 Å². The highest BCUT2D eigenvalue weighted by atomic mass is 16.0. The predicted octanol–water partition coefficient (Wildman–Crippen LogP) is -3.50. The molecule has 1 rings (SSSR count). The van der Waals surface area contributed by atoms with Gasteiger partial charge in [-0.1, -0.05) is 24.3 Å². The fraction of sp³-hybridized carbons (Fsp3) is 0.250. The molecule has 0 fully saturated rings. The van der Waals surface area contributed by atoms with Gasteiger partial charge in [-0.15, -0.1) is 0 Å². The van der Waals surface area contributed by atoms with E-state index in [1.54, 1.807) is 0 Å². The second-order valence-corrected chi connectivity index (χ2v) is 3.42. The Kier molecular flexibility index (Phi) is 8.90. The number of hydrogen-bond acceptors (Lipinski definition) is 11.